The van der Waals surface area contributed by atoms with E-state index < -0.39 is 0 Å². The average molecular weight is 253 g/mol. The molecule has 3 heterocycles. The molecule has 92 valence electrons. The van der Waals surface area contributed by atoms with Crippen molar-refractivity contribution in [2.45, 2.75) is 25.3 Å². The fourth-order valence-corrected chi connectivity index (χ4v) is 2.99. The number of fused-ring (bicyclic) bond motifs is 1. The molecular formula is C12H17ClN4. The highest BCUT2D eigenvalue weighted by molar-refractivity contribution is 6.29. The lowest BCUT2D eigenvalue weighted by molar-refractivity contribution is 0.133. The van der Waals surface area contributed by atoms with Crippen LogP contribution < -0.4 is 4.90 Å². The number of rotatable bonds is 1. The average Bonchev–Trinajstić information content (AvgIpc) is 2.38. The second-order valence-electron chi connectivity index (χ2n) is 4.83. The first-order chi connectivity index (χ1) is 8.33. The molecule has 2 aliphatic heterocycles. The highest BCUT2D eigenvalue weighted by Crippen LogP contribution is 2.24. The van der Waals surface area contributed by atoms with E-state index in [-0.39, 0.29) is 0 Å². The van der Waals surface area contributed by atoms with Gasteiger partial charge in [0.25, 0.3) is 0 Å². The molecule has 2 saturated heterocycles. The van der Waals surface area contributed by atoms with Gasteiger partial charge >= 0.3 is 0 Å². The first-order valence-corrected chi connectivity index (χ1v) is 6.67. The van der Waals surface area contributed by atoms with Gasteiger partial charge in [0.15, 0.2) is 0 Å². The molecule has 1 aromatic rings. The van der Waals surface area contributed by atoms with Crippen LogP contribution in [0.25, 0.3) is 0 Å². The molecule has 0 aliphatic carbocycles. The summed E-state index contributed by atoms with van der Waals surface area (Å²) in [6.07, 6.45) is 7.42. The van der Waals surface area contributed by atoms with E-state index in [1.165, 1.54) is 25.8 Å². The Morgan fingerprint density at radius 1 is 1.18 bits per heavy atom. The van der Waals surface area contributed by atoms with Gasteiger partial charge in [0, 0.05) is 25.7 Å². The quantitative estimate of drug-likeness (QED) is 0.763. The molecule has 4 nitrogen and oxygen atoms in total. The van der Waals surface area contributed by atoms with Crippen LogP contribution in [0.15, 0.2) is 12.4 Å². The van der Waals surface area contributed by atoms with E-state index in [1.807, 2.05) is 6.20 Å². The van der Waals surface area contributed by atoms with Crippen LogP contribution in [0.3, 0.4) is 0 Å². The van der Waals surface area contributed by atoms with Crippen molar-refractivity contribution < 1.29 is 0 Å². The summed E-state index contributed by atoms with van der Waals surface area (Å²) in [6, 6.07) is 0.693. The van der Waals surface area contributed by atoms with Crippen molar-refractivity contribution in [3.8, 4) is 0 Å². The maximum Gasteiger partial charge on any atom is 0.149 e. The van der Waals surface area contributed by atoms with Gasteiger partial charge in [-0.25, -0.2) is 4.98 Å². The Hall–Kier alpha value is -0.870. The van der Waals surface area contributed by atoms with Crippen LogP contribution in [0.4, 0.5) is 5.82 Å². The highest BCUT2D eigenvalue weighted by atomic mass is 35.5. The minimum atomic E-state index is 0.480. The molecule has 0 aromatic carbocycles. The van der Waals surface area contributed by atoms with Gasteiger partial charge in [-0.1, -0.05) is 18.0 Å². The monoisotopic (exact) mass is 252 g/mol. The van der Waals surface area contributed by atoms with Crippen LogP contribution in [-0.4, -0.2) is 47.1 Å². The van der Waals surface area contributed by atoms with Crippen LogP contribution >= 0.6 is 11.6 Å². The third kappa shape index (κ3) is 2.38. The summed E-state index contributed by atoms with van der Waals surface area (Å²) >= 11 is 5.89. The minimum absolute atomic E-state index is 0.480. The van der Waals surface area contributed by atoms with E-state index in [0.29, 0.717) is 11.2 Å². The van der Waals surface area contributed by atoms with Crippen molar-refractivity contribution in [2.24, 2.45) is 0 Å². The normalized spacial score (nSPS) is 25.7. The number of anilines is 1. The minimum Gasteiger partial charge on any atom is -0.352 e. The van der Waals surface area contributed by atoms with Gasteiger partial charge in [0.05, 0.1) is 12.4 Å². The Bertz CT molecular complexity index is 398. The third-order valence-electron chi connectivity index (χ3n) is 3.75. The topological polar surface area (TPSA) is 32.3 Å². The van der Waals surface area contributed by atoms with E-state index >= 15 is 0 Å². The molecule has 3 rings (SSSR count). The maximum atomic E-state index is 5.89. The summed E-state index contributed by atoms with van der Waals surface area (Å²) in [5.41, 5.74) is 0. The number of piperazine rings is 1. The molecule has 1 atom stereocenters. The number of hydrogen-bond donors (Lipinski definition) is 0. The van der Waals surface area contributed by atoms with E-state index in [4.69, 9.17) is 11.6 Å². The molecule has 5 heteroatoms. The van der Waals surface area contributed by atoms with Crippen molar-refractivity contribution in [2.75, 3.05) is 31.1 Å². The second kappa shape index (κ2) is 4.78. The van der Waals surface area contributed by atoms with Gasteiger partial charge in [-0.3, -0.25) is 9.88 Å². The van der Waals surface area contributed by atoms with Crippen molar-refractivity contribution in [3.05, 3.63) is 17.5 Å². The number of aromatic nitrogens is 2. The molecular weight excluding hydrogens is 236 g/mol. The molecule has 2 fully saturated rings. The van der Waals surface area contributed by atoms with Gasteiger partial charge in [-0.05, 0) is 19.4 Å². The van der Waals surface area contributed by atoms with Gasteiger partial charge in [0.2, 0.25) is 0 Å². The zero-order chi connectivity index (χ0) is 11.7. The van der Waals surface area contributed by atoms with Crippen LogP contribution in [0, 0.1) is 0 Å². The molecule has 0 radical (unpaired) electrons. The third-order valence-corrected chi connectivity index (χ3v) is 3.94. The molecule has 17 heavy (non-hydrogen) atoms. The molecule has 2 aliphatic rings. The van der Waals surface area contributed by atoms with E-state index in [1.54, 1.807) is 6.20 Å². The zero-order valence-corrected chi connectivity index (χ0v) is 10.6. The fourth-order valence-electron chi connectivity index (χ4n) is 2.85. The number of halogens is 1. The second-order valence-corrected chi connectivity index (χ2v) is 5.22. The lowest BCUT2D eigenvalue weighted by Gasteiger charge is -2.44. The summed E-state index contributed by atoms with van der Waals surface area (Å²) in [6.45, 7) is 4.50. The van der Waals surface area contributed by atoms with Gasteiger partial charge < -0.3 is 4.90 Å². The van der Waals surface area contributed by atoms with Crippen molar-refractivity contribution in [1.29, 1.82) is 0 Å². The summed E-state index contributed by atoms with van der Waals surface area (Å²) in [4.78, 5) is 13.4. The van der Waals surface area contributed by atoms with Crippen LogP contribution in [0.5, 0.6) is 0 Å². The van der Waals surface area contributed by atoms with Crippen molar-refractivity contribution in [1.82, 2.24) is 14.9 Å². The lowest BCUT2D eigenvalue weighted by atomic mass is 9.99. The smallest absolute Gasteiger partial charge is 0.149 e. The van der Waals surface area contributed by atoms with Crippen LogP contribution in [0.1, 0.15) is 19.3 Å². The Morgan fingerprint density at radius 3 is 3.00 bits per heavy atom. The summed E-state index contributed by atoms with van der Waals surface area (Å²) in [5, 5.41) is 0.480. The van der Waals surface area contributed by atoms with Crippen LogP contribution in [0.2, 0.25) is 5.15 Å². The molecule has 0 bridgehead atoms. The summed E-state index contributed by atoms with van der Waals surface area (Å²) in [7, 11) is 0. The summed E-state index contributed by atoms with van der Waals surface area (Å²) in [5.74, 6) is 0.919. The maximum absolute atomic E-state index is 5.89. The largest absolute Gasteiger partial charge is 0.352 e. The van der Waals surface area contributed by atoms with Crippen molar-refractivity contribution >= 4 is 17.4 Å². The fraction of sp³-hybridized carbons (Fsp3) is 0.667. The van der Waals surface area contributed by atoms with Gasteiger partial charge in [-0.2, -0.15) is 0 Å². The molecule has 0 saturated carbocycles. The molecule has 0 amide bonds. The van der Waals surface area contributed by atoms with E-state index in [9.17, 15) is 0 Å². The Kier molecular flexibility index (Phi) is 3.16. The number of hydrogen-bond acceptors (Lipinski definition) is 4. The Balaban J connectivity index is 1.73. The number of piperidine rings is 1. The summed E-state index contributed by atoms with van der Waals surface area (Å²) < 4.78 is 0. The first kappa shape index (κ1) is 11.2. The lowest BCUT2D eigenvalue weighted by Crippen LogP contribution is -2.55. The number of nitrogens with zero attached hydrogens (tertiary/aromatic N) is 4. The van der Waals surface area contributed by atoms with E-state index in [2.05, 4.69) is 19.8 Å². The van der Waals surface area contributed by atoms with E-state index in [0.717, 1.165) is 25.5 Å². The highest BCUT2D eigenvalue weighted by Gasteiger charge is 2.29. The van der Waals surface area contributed by atoms with Gasteiger partial charge in [0.1, 0.15) is 11.0 Å². The standard InChI is InChI=1S/C12H17ClN4/c13-11-7-14-8-12(15-11)17-6-5-16-4-2-1-3-10(16)9-17/h7-8,10H,1-6,9H2/t10-/m1/s1. The zero-order valence-electron chi connectivity index (χ0n) is 9.85. The Morgan fingerprint density at radius 2 is 2.12 bits per heavy atom. The Labute approximate surface area is 107 Å². The molecule has 0 unspecified atom stereocenters. The first-order valence-electron chi connectivity index (χ1n) is 6.29. The molecule has 0 N–H and O–H groups in total. The van der Waals surface area contributed by atoms with Gasteiger partial charge in [-0.15, -0.1) is 0 Å². The molecule has 1 aromatic heterocycles. The molecule has 0 spiro atoms. The van der Waals surface area contributed by atoms with Crippen LogP contribution in [-0.2, 0) is 0 Å². The SMILES string of the molecule is Clc1cncc(N2CCN3CCCC[C@@H]3C2)n1. The van der Waals surface area contributed by atoms with Crippen molar-refractivity contribution in [3.63, 3.8) is 0 Å². The predicted octanol–water partition coefficient (Wildman–Crippen LogP) is 1.80. The predicted molar refractivity (Wildman–Crippen MR) is 68.5 cm³/mol.